The molecule has 2 fully saturated rings. The zero-order valence-electron chi connectivity index (χ0n) is 22.9. The second kappa shape index (κ2) is 10.9. The van der Waals surface area contributed by atoms with Gasteiger partial charge in [-0.3, -0.25) is 0 Å². The molecule has 2 aromatic carbocycles. The van der Waals surface area contributed by atoms with E-state index in [-0.39, 0.29) is 6.10 Å². The summed E-state index contributed by atoms with van der Waals surface area (Å²) in [6.07, 6.45) is 3.80. The summed E-state index contributed by atoms with van der Waals surface area (Å²) in [4.78, 5) is 28.3. The molecular weight excluding hydrogens is 492 g/mol. The first-order valence-electron chi connectivity index (χ1n) is 14.1. The number of aryl methyl sites for hydroxylation is 1. The molecule has 0 saturated carbocycles. The van der Waals surface area contributed by atoms with Gasteiger partial charge in [0, 0.05) is 55.2 Å². The molecule has 1 atom stereocenters. The molecule has 3 aliphatic heterocycles. The number of anilines is 2. The van der Waals surface area contributed by atoms with Crippen LogP contribution < -0.4 is 20.3 Å². The molecule has 9 heteroatoms. The van der Waals surface area contributed by atoms with Gasteiger partial charge in [-0.1, -0.05) is 30.3 Å². The van der Waals surface area contributed by atoms with Gasteiger partial charge in [-0.05, 0) is 56.8 Å². The Morgan fingerprint density at radius 1 is 1.03 bits per heavy atom. The van der Waals surface area contributed by atoms with Crippen LogP contribution in [-0.4, -0.2) is 72.9 Å². The quantitative estimate of drug-likeness (QED) is 0.510. The lowest BCUT2D eigenvalue weighted by molar-refractivity contribution is 0.0911. The third kappa shape index (κ3) is 5.32. The number of nitrogens with two attached hydrogens (primary N) is 1. The van der Waals surface area contributed by atoms with Crippen LogP contribution in [0.5, 0.6) is 6.01 Å². The number of nitrogens with zero attached hydrogens (tertiary/aromatic N) is 5. The normalized spacial score (nSPS) is 20.3. The van der Waals surface area contributed by atoms with Crippen LogP contribution in [0.15, 0.2) is 36.4 Å². The van der Waals surface area contributed by atoms with Gasteiger partial charge in [0.15, 0.2) is 0 Å². The molecule has 3 aromatic rings. The monoisotopic (exact) mass is 530 g/mol. The summed E-state index contributed by atoms with van der Waals surface area (Å²) < 4.78 is 11.5. The zero-order valence-corrected chi connectivity index (χ0v) is 22.9. The van der Waals surface area contributed by atoms with Crippen LogP contribution in [-0.2, 0) is 17.7 Å². The van der Waals surface area contributed by atoms with Gasteiger partial charge in [0.1, 0.15) is 18.5 Å². The van der Waals surface area contributed by atoms with Gasteiger partial charge in [-0.25, -0.2) is 4.79 Å². The van der Waals surface area contributed by atoms with E-state index >= 15 is 0 Å². The molecule has 0 radical (unpaired) electrons. The van der Waals surface area contributed by atoms with Crippen LogP contribution in [0, 0.1) is 6.92 Å². The minimum absolute atomic E-state index is 0.143. The number of amides is 1. The Morgan fingerprint density at radius 2 is 1.82 bits per heavy atom. The smallest absolute Gasteiger partial charge is 0.404 e. The fourth-order valence-electron chi connectivity index (χ4n) is 6.40. The van der Waals surface area contributed by atoms with Crippen molar-refractivity contribution < 1.29 is 14.3 Å². The average molecular weight is 531 g/mol. The molecule has 4 heterocycles. The largest absolute Gasteiger partial charge is 0.462 e. The highest BCUT2D eigenvalue weighted by Crippen LogP contribution is 2.36. The number of benzene rings is 2. The van der Waals surface area contributed by atoms with Crippen LogP contribution in [0.2, 0.25) is 0 Å². The van der Waals surface area contributed by atoms with E-state index in [1.165, 1.54) is 34.0 Å². The molecule has 3 aliphatic rings. The summed E-state index contributed by atoms with van der Waals surface area (Å²) in [5.41, 5.74) is 10.0. The number of likely N-dealkylation sites (tertiary alicyclic amines) is 1. The predicted octanol–water partition coefficient (Wildman–Crippen LogP) is 4.04. The summed E-state index contributed by atoms with van der Waals surface area (Å²) in [5, 5.41) is 2.56. The Hall–Kier alpha value is -3.59. The van der Waals surface area contributed by atoms with Gasteiger partial charge >= 0.3 is 12.1 Å². The van der Waals surface area contributed by atoms with Crippen molar-refractivity contribution in [3.63, 3.8) is 0 Å². The van der Waals surface area contributed by atoms with Crippen LogP contribution in [0.1, 0.15) is 42.5 Å². The molecule has 0 spiro atoms. The van der Waals surface area contributed by atoms with Crippen molar-refractivity contribution in [3.8, 4) is 6.01 Å². The number of rotatable bonds is 6. The van der Waals surface area contributed by atoms with E-state index in [9.17, 15) is 4.79 Å². The molecule has 39 heavy (non-hydrogen) atoms. The molecule has 6 rings (SSSR count). The molecule has 2 N–H and O–H groups in total. The van der Waals surface area contributed by atoms with Gasteiger partial charge in [0.25, 0.3) is 0 Å². The first kappa shape index (κ1) is 25.7. The van der Waals surface area contributed by atoms with Crippen molar-refractivity contribution in [2.75, 3.05) is 49.6 Å². The molecule has 2 saturated heterocycles. The number of ether oxygens (including phenoxy) is 2. The lowest BCUT2D eigenvalue weighted by Crippen LogP contribution is -2.41. The van der Waals surface area contributed by atoms with Crippen LogP contribution in [0.4, 0.5) is 16.3 Å². The predicted molar refractivity (Wildman–Crippen MR) is 153 cm³/mol. The van der Waals surface area contributed by atoms with Crippen LogP contribution >= 0.6 is 0 Å². The Balaban J connectivity index is 1.30. The van der Waals surface area contributed by atoms with E-state index in [0.29, 0.717) is 25.2 Å². The molecule has 1 amide bonds. The molecule has 1 aromatic heterocycles. The van der Waals surface area contributed by atoms with Crippen molar-refractivity contribution in [2.24, 2.45) is 5.73 Å². The lowest BCUT2D eigenvalue weighted by atomic mass is 9.99. The SMILES string of the molecule is Cc1cccc2cccc(N3CCc4c(nc(OCC5CCCN5C)nc4N4CCC(OC(N)=O)CC4)C3)c12. The molecule has 9 nitrogen and oxygen atoms in total. The first-order chi connectivity index (χ1) is 19.0. The number of likely N-dealkylation sites (N-methyl/N-ethyl adjacent to an activating group) is 1. The van der Waals surface area contributed by atoms with Gasteiger partial charge in [-0.2, -0.15) is 9.97 Å². The van der Waals surface area contributed by atoms with E-state index in [1.807, 2.05) is 0 Å². The van der Waals surface area contributed by atoms with Crippen LogP contribution in [0.3, 0.4) is 0 Å². The van der Waals surface area contributed by atoms with E-state index in [2.05, 4.69) is 65.1 Å². The number of carbonyl (C=O) groups excluding carboxylic acids is 1. The molecular formula is C30H38N6O3. The summed E-state index contributed by atoms with van der Waals surface area (Å²) in [6, 6.07) is 13.9. The van der Waals surface area contributed by atoms with Crippen molar-refractivity contribution in [1.82, 2.24) is 14.9 Å². The van der Waals surface area contributed by atoms with Gasteiger partial charge < -0.3 is 29.9 Å². The van der Waals surface area contributed by atoms with E-state index in [1.54, 1.807) is 0 Å². The Labute approximate surface area is 229 Å². The molecule has 1 unspecified atom stereocenters. The molecule has 206 valence electrons. The number of hydrogen-bond acceptors (Lipinski definition) is 8. The van der Waals surface area contributed by atoms with Gasteiger partial charge in [0.2, 0.25) is 0 Å². The minimum Gasteiger partial charge on any atom is -0.462 e. The fraction of sp³-hybridized carbons (Fsp3) is 0.500. The summed E-state index contributed by atoms with van der Waals surface area (Å²) >= 11 is 0. The third-order valence-electron chi connectivity index (χ3n) is 8.56. The van der Waals surface area contributed by atoms with E-state index in [4.69, 9.17) is 25.2 Å². The maximum absolute atomic E-state index is 11.3. The van der Waals surface area contributed by atoms with Crippen molar-refractivity contribution in [2.45, 2.75) is 57.7 Å². The van der Waals surface area contributed by atoms with Gasteiger partial charge in [0.05, 0.1) is 12.2 Å². The number of piperidine rings is 1. The van der Waals surface area contributed by atoms with Gasteiger partial charge in [-0.15, -0.1) is 0 Å². The molecule has 0 aliphatic carbocycles. The fourth-order valence-corrected chi connectivity index (χ4v) is 6.40. The average Bonchev–Trinajstić information content (AvgIpc) is 3.35. The first-order valence-corrected chi connectivity index (χ1v) is 14.1. The topological polar surface area (TPSA) is 97.1 Å². The second-order valence-corrected chi connectivity index (χ2v) is 11.1. The van der Waals surface area contributed by atoms with Crippen molar-refractivity contribution in [3.05, 3.63) is 53.2 Å². The van der Waals surface area contributed by atoms with E-state index < -0.39 is 6.09 Å². The highest BCUT2D eigenvalue weighted by molar-refractivity contribution is 5.97. The number of carbonyl (C=O) groups is 1. The Kier molecular flexibility index (Phi) is 7.16. The maximum Gasteiger partial charge on any atom is 0.404 e. The maximum atomic E-state index is 11.3. The third-order valence-corrected chi connectivity index (χ3v) is 8.56. The van der Waals surface area contributed by atoms with Crippen molar-refractivity contribution >= 4 is 28.4 Å². The summed E-state index contributed by atoms with van der Waals surface area (Å²) in [7, 11) is 2.16. The molecule has 0 bridgehead atoms. The van der Waals surface area contributed by atoms with E-state index in [0.717, 1.165) is 63.4 Å². The second-order valence-electron chi connectivity index (χ2n) is 11.1. The standard InChI is InChI=1S/C30H38N6O3/c1-20-6-3-7-21-8-4-10-26(27(20)21)36-17-13-24-25(18-36)32-30(38-19-22-9-5-14-34(22)2)33-28(24)35-15-11-23(12-16-35)39-29(31)37/h3-4,6-8,10,22-23H,5,9,11-19H2,1-2H3,(H2,31,37). The van der Waals surface area contributed by atoms with Crippen molar-refractivity contribution in [1.29, 1.82) is 0 Å². The summed E-state index contributed by atoms with van der Waals surface area (Å²) in [5.74, 6) is 0.959. The Bertz CT molecular complexity index is 1350. The number of aromatic nitrogens is 2. The summed E-state index contributed by atoms with van der Waals surface area (Å²) in [6.45, 7) is 6.98. The van der Waals surface area contributed by atoms with Crippen LogP contribution in [0.25, 0.3) is 10.8 Å². The number of primary amides is 1. The Morgan fingerprint density at radius 3 is 2.56 bits per heavy atom. The highest BCUT2D eigenvalue weighted by Gasteiger charge is 2.30. The highest BCUT2D eigenvalue weighted by atomic mass is 16.6. The lowest BCUT2D eigenvalue weighted by Gasteiger charge is -2.36. The number of fused-ring (bicyclic) bond motifs is 2. The number of hydrogen-bond donors (Lipinski definition) is 1. The minimum atomic E-state index is -0.704. The zero-order chi connectivity index (χ0) is 26.9.